The third kappa shape index (κ3) is 3.40. The molecule has 1 aliphatic heterocycles. The molecule has 1 aromatic carbocycles. The molecule has 25 heavy (non-hydrogen) atoms. The molecule has 2 heteroatoms. The molecule has 1 unspecified atom stereocenters. The second-order valence-electron chi connectivity index (χ2n) is 7.72. The van der Waals surface area contributed by atoms with Gasteiger partial charge in [0.1, 0.15) is 0 Å². The van der Waals surface area contributed by atoms with Crippen LogP contribution >= 0.6 is 0 Å². The van der Waals surface area contributed by atoms with E-state index in [2.05, 4.69) is 89.2 Å². The van der Waals surface area contributed by atoms with Gasteiger partial charge in [0.25, 0.3) is 0 Å². The summed E-state index contributed by atoms with van der Waals surface area (Å²) < 4.78 is 0. The average Bonchev–Trinajstić information content (AvgIpc) is 2.91. The van der Waals surface area contributed by atoms with Crippen molar-refractivity contribution in [2.45, 2.75) is 48.5 Å². The lowest BCUT2D eigenvalue weighted by Crippen LogP contribution is -2.24. The summed E-state index contributed by atoms with van der Waals surface area (Å²) in [6.45, 7) is 21.2. The van der Waals surface area contributed by atoms with Crippen LogP contribution in [0.4, 0.5) is 5.69 Å². The van der Waals surface area contributed by atoms with Crippen LogP contribution in [0.2, 0.25) is 0 Å². The smallest absolute Gasteiger partial charge is 0.208 e. The highest BCUT2D eigenvalue weighted by Crippen LogP contribution is 2.36. The van der Waals surface area contributed by atoms with Gasteiger partial charge in [-0.2, -0.15) is 0 Å². The lowest BCUT2D eigenvalue weighted by atomic mass is 9.96. The van der Waals surface area contributed by atoms with E-state index in [0.717, 1.165) is 13.1 Å². The highest BCUT2D eigenvalue weighted by molar-refractivity contribution is 5.62. The van der Waals surface area contributed by atoms with Gasteiger partial charge in [-0.15, -0.1) is 0 Å². The van der Waals surface area contributed by atoms with Gasteiger partial charge in [0, 0.05) is 30.4 Å². The summed E-state index contributed by atoms with van der Waals surface area (Å²) in [6, 6.07) is 4.54. The molecular weight excluding hydrogens is 304 g/mol. The quantitative estimate of drug-likeness (QED) is 0.700. The van der Waals surface area contributed by atoms with Crippen LogP contribution in [0.25, 0.3) is 0 Å². The Morgan fingerprint density at radius 1 is 0.880 bits per heavy atom. The van der Waals surface area contributed by atoms with Crippen molar-refractivity contribution in [2.75, 3.05) is 18.0 Å². The molecule has 1 atom stereocenters. The van der Waals surface area contributed by atoms with E-state index < -0.39 is 0 Å². The summed E-state index contributed by atoms with van der Waals surface area (Å²) in [6.07, 6.45) is 4.61. The van der Waals surface area contributed by atoms with Gasteiger partial charge in [0.15, 0.2) is 0 Å². The van der Waals surface area contributed by atoms with Gasteiger partial charge in [-0.3, -0.25) is 0 Å². The van der Waals surface area contributed by atoms with Crippen LogP contribution in [0.1, 0.15) is 44.4 Å². The molecule has 1 aromatic rings. The molecule has 0 amide bonds. The first-order chi connectivity index (χ1) is 11.8. The molecule has 3 rings (SSSR count). The molecule has 0 N–H and O–H groups in total. The summed E-state index contributed by atoms with van der Waals surface area (Å²) in [5, 5.41) is 0. The fourth-order valence-electron chi connectivity index (χ4n) is 4.33. The topological polar surface area (TPSA) is 6.48 Å². The number of nitrogens with zero attached hydrogens (tertiary/aromatic N) is 2. The van der Waals surface area contributed by atoms with Crippen molar-refractivity contribution in [3.8, 4) is 0 Å². The minimum atomic E-state index is 0.418. The Balaban J connectivity index is 1.91. The second-order valence-corrected chi connectivity index (χ2v) is 7.72. The van der Waals surface area contributed by atoms with Crippen LogP contribution in [0.3, 0.4) is 0 Å². The van der Waals surface area contributed by atoms with Crippen LogP contribution in [0.5, 0.6) is 0 Å². The summed E-state index contributed by atoms with van der Waals surface area (Å²) in [5.74, 6) is 0.418. The molecule has 0 spiro atoms. The lowest BCUT2D eigenvalue weighted by molar-refractivity contribution is 0.432. The fraction of sp³-hybridized carbons (Fsp3) is 0.435. The number of hydrogen-bond acceptors (Lipinski definition) is 2. The highest BCUT2D eigenvalue weighted by atomic mass is 15.4. The van der Waals surface area contributed by atoms with Gasteiger partial charge in [0.2, 0.25) is 6.67 Å². The average molecular weight is 335 g/mol. The van der Waals surface area contributed by atoms with Crippen molar-refractivity contribution in [1.29, 1.82) is 0 Å². The van der Waals surface area contributed by atoms with Gasteiger partial charge < -0.3 is 9.80 Å². The fourth-order valence-corrected chi connectivity index (χ4v) is 4.33. The van der Waals surface area contributed by atoms with Gasteiger partial charge >= 0.3 is 0 Å². The maximum absolute atomic E-state index is 3.65. The molecule has 132 valence electrons. The van der Waals surface area contributed by atoms with Crippen LogP contribution in [-0.2, 0) is 0 Å². The Labute approximate surface area is 153 Å². The van der Waals surface area contributed by atoms with E-state index in [1.807, 2.05) is 0 Å². The standard InChI is InChI=1S/C23H30N2/c1-15-10-17(3)21(7)23(20(6)13-15)25-9-8-24(14-25)22-18(4)11-16(2)12-19(22)5/h10-13,21H,8-9H2,1-7H3. The third-order valence-electron chi connectivity index (χ3n) is 5.38. The first-order valence-electron chi connectivity index (χ1n) is 9.24. The van der Waals surface area contributed by atoms with Crippen LogP contribution in [0.15, 0.2) is 46.7 Å². The molecule has 1 saturated heterocycles. The van der Waals surface area contributed by atoms with E-state index in [-0.39, 0.29) is 0 Å². The van der Waals surface area contributed by atoms with E-state index >= 15 is 0 Å². The normalized spacial score (nSPS) is 21.5. The van der Waals surface area contributed by atoms with E-state index in [9.17, 15) is 0 Å². The largest absolute Gasteiger partial charge is 0.342 e. The molecule has 1 fully saturated rings. The molecule has 0 saturated carbocycles. The number of anilines is 1. The summed E-state index contributed by atoms with van der Waals surface area (Å²) >= 11 is 0. The number of aryl methyl sites for hydroxylation is 3. The lowest BCUT2D eigenvalue weighted by Gasteiger charge is -2.28. The Hall–Kier alpha value is -1.96. The van der Waals surface area contributed by atoms with Crippen LogP contribution < -0.4 is 4.90 Å². The van der Waals surface area contributed by atoms with Gasteiger partial charge in [-0.1, -0.05) is 47.9 Å². The van der Waals surface area contributed by atoms with Crippen molar-refractivity contribution >= 4 is 5.69 Å². The summed E-state index contributed by atoms with van der Waals surface area (Å²) in [5.41, 5.74) is 10.8. The van der Waals surface area contributed by atoms with Crippen LogP contribution in [0, 0.1) is 33.4 Å². The van der Waals surface area contributed by atoms with Crippen molar-refractivity contribution in [1.82, 2.24) is 4.90 Å². The van der Waals surface area contributed by atoms with E-state index in [0.29, 0.717) is 5.92 Å². The highest BCUT2D eigenvalue weighted by Gasteiger charge is 2.30. The van der Waals surface area contributed by atoms with Crippen molar-refractivity contribution in [3.63, 3.8) is 0 Å². The molecule has 1 heterocycles. The molecule has 0 bridgehead atoms. The monoisotopic (exact) mass is 334 g/mol. The second kappa shape index (κ2) is 6.74. The Morgan fingerprint density at radius 3 is 2.12 bits per heavy atom. The molecule has 2 aliphatic rings. The summed E-state index contributed by atoms with van der Waals surface area (Å²) in [7, 11) is 0. The zero-order valence-corrected chi connectivity index (χ0v) is 16.7. The number of hydrogen-bond donors (Lipinski definition) is 0. The van der Waals surface area contributed by atoms with E-state index in [4.69, 9.17) is 0 Å². The zero-order chi connectivity index (χ0) is 18.3. The molecule has 2 nitrogen and oxygen atoms in total. The number of benzene rings is 1. The van der Waals surface area contributed by atoms with E-state index in [1.165, 1.54) is 44.8 Å². The third-order valence-corrected chi connectivity index (χ3v) is 5.38. The van der Waals surface area contributed by atoms with E-state index in [1.54, 1.807) is 0 Å². The molecule has 0 aromatic heterocycles. The minimum Gasteiger partial charge on any atom is -0.342 e. The molecular formula is C23H30N2. The summed E-state index contributed by atoms with van der Waals surface area (Å²) in [4.78, 5) is 4.64. The Kier molecular flexibility index (Phi) is 4.81. The maximum Gasteiger partial charge on any atom is 0.208 e. The number of allylic oxidation sites excluding steroid dienone is 5. The SMILES string of the molecule is CC1=CC(C)=C(N2[C]N(c3c(C)cc(C)cc3C)CC2)C(C)C(C)=C1. The predicted molar refractivity (Wildman–Crippen MR) is 107 cm³/mol. The van der Waals surface area contributed by atoms with Crippen molar-refractivity contribution < 1.29 is 0 Å². The van der Waals surface area contributed by atoms with Gasteiger partial charge in [0.05, 0.1) is 0 Å². The Morgan fingerprint density at radius 2 is 1.48 bits per heavy atom. The predicted octanol–water partition coefficient (Wildman–Crippen LogP) is 5.55. The Bertz CT molecular complexity index is 756. The van der Waals surface area contributed by atoms with Gasteiger partial charge in [-0.05, 0) is 58.2 Å². The van der Waals surface area contributed by atoms with Crippen molar-refractivity contribution in [3.05, 3.63) is 70.1 Å². The van der Waals surface area contributed by atoms with Gasteiger partial charge in [-0.25, -0.2) is 0 Å². The number of rotatable bonds is 2. The minimum absolute atomic E-state index is 0.418. The maximum atomic E-state index is 3.65. The zero-order valence-electron chi connectivity index (χ0n) is 16.7. The molecule has 1 aliphatic carbocycles. The first-order valence-corrected chi connectivity index (χ1v) is 9.24. The van der Waals surface area contributed by atoms with Crippen molar-refractivity contribution in [2.24, 2.45) is 5.92 Å². The molecule has 2 radical (unpaired) electrons. The first kappa shape index (κ1) is 17.8. The van der Waals surface area contributed by atoms with Crippen LogP contribution in [-0.4, -0.2) is 18.0 Å².